The molecule has 0 bridgehead atoms. The van der Waals surface area contributed by atoms with Gasteiger partial charge in [0.2, 0.25) is 0 Å². The van der Waals surface area contributed by atoms with Gasteiger partial charge in [-0.2, -0.15) is 0 Å². The van der Waals surface area contributed by atoms with E-state index in [0.717, 1.165) is 31.3 Å². The van der Waals surface area contributed by atoms with Crippen molar-refractivity contribution in [2.24, 2.45) is 0 Å². The van der Waals surface area contributed by atoms with Crippen LogP contribution in [0.3, 0.4) is 0 Å². The molecule has 0 aliphatic heterocycles. The number of carbonyl (C=O) groups excluding carboxylic acids is 1. The van der Waals surface area contributed by atoms with E-state index in [-0.39, 0.29) is 5.97 Å². The first-order valence-electron chi connectivity index (χ1n) is 6.50. The maximum Gasteiger partial charge on any atom is 0.333 e. The average molecular weight is 226 g/mol. The van der Waals surface area contributed by atoms with E-state index in [1.54, 1.807) is 0 Å². The smallest absolute Gasteiger partial charge is 0.333 e. The molecule has 0 saturated heterocycles. The van der Waals surface area contributed by atoms with E-state index in [9.17, 15) is 4.79 Å². The van der Waals surface area contributed by atoms with E-state index >= 15 is 0 Å². The van der Waals surface area contributed by atoms with Crippen LogP contribution in [0.25, 0.3) is 0 Å². The van der Waals surface area contributed by atoms with Gasteiger partial charge in [-0.05, 0) is 25.7 Å². The van der Waals surface area contributed by atoms with Crippen LogP contribution in [0.15, 0.2) is 11.1 Å². The van der Waals surface area contributed by atoms with Gasteiger partial charge in [0.05, 0.1) is 7.11 Å². The summed E-state index contributed by atoms with van der Waals surface area (Å²) in [7, 11) is 1.47. The van der Waals surface area contributed by atoms with Crippen LogP contribution in [-0.2, 0) is 9.53 Å². The number of esters is 1. The Morgan fingerprint density at radius 2 is 1.62 bits per heavy atom. The summed E-state index contributed by atoms with van der Waals surface area (Å²) < 4.78 is 4.86. The molecule has 2 heteroatoms. The molecule has 16 heavy (non-hydrogen) atoms. The Kier molecular flexibility index (Phi) is 8.97. The third kappa shape index (κ3) is 5.34. The minimum atomic E-state index is -0.129. The monoisotopic (exact) mass is 226 g/mol. The summed E-state index contributed by atoms with van der Waals surface area (Å²) in [5.74, 6) is -0.129. The lowest BCUT2D eigenvalue weighted by molar-refractivity contribution is -0.136. The Hall–Kier alpha value is -0.790. The Bertz CT molecular complexity index is 223. The lowest BCUT2D eigenvalue weighted by Crippen LogP contribution is -2.08. The second kappa shape index (κ2) is 9.44. The molecule has 0 unspecified atom stereocenters. The zero-order valence-electron chi connectivity index (χ0n) is 11.3. The zero-order valence-corrected chi connectivity index (χ0v) is 11.3. The largest absolute Gasteiger partial charge is 0.466 e. The summed E-state index contributed by atoms with van der Waals surface area (Å²) >= 11 is 0. The highest BCUT2D eigenvalue weighted by Gasteiger charge is 2.13. The van der Waals surface area contributed by atoms with Crippen molar-refractivity contribution in [3.05, 3.63) is 11.1 Å². The molecular formula is C14H26O2. The van der Waals surface area contributed by atoms with Gasteiger partial charge in [0.15, 0.2) is 0 Å². The molecule has 0 radical (unpaired) electrons. The van der Waals surface area contributed by atoms with Gasteiger partial charge in [0.1, 0.15) is 0 Å². The molecule has 94 valence electrons. The molecule has 0 spiro atoms. The second-order valence-electron chi connectivity index (χ2n) is 4.09. The van der Waals surface area contributed by atoms with Gasteiger partial charge in [0, 0.05) is 5.57 Å². The molecule has 0 fully saturated rings. The van der Waals surface area contributed by atoms with Crippen molar-refractivity contribution in [2.75, 3.05) is 7.11 Å². The maximum absolute atomic E-state index is 11.7. The molecule has 0 aliphatic carbocycles. The number of rotatable bonds is 8. The number of methoxy groups -OCH3 is 1. The zero-order chi connectivity index (χ0) is 12.4. The minimum absolute atomic E-state index is 0.129. The molecule has 0 aromatic rings. The van der Waals surface area contributed by atoms with E-state index in [0.29, 0.717) is 0 Å². The Labute approximate surface area is 100 Å². The highest BCUT2D eigenvalue weighted by Crippen LogP contribution is 2.20. The molecule has 0 atom stereocenters. The Balaban J connectivity index is 4.43. The fraction of sp³-hybridized carbons (Fsp3) is 0.786. The van der Waals surface area contributed by atoms with Gasteiger partial charge < -0.3 is 4.74 Å². The molecule has 0 aromatic heterocycles. The van der Waals surface area contributed by atoms with Crippen LogP contribution < -0.4 is 0 Å². The topological polar surface area (TPSA) is 26.3 Å². The van der Waals surface area contributed by atoms with Crippen molar-refractivity contribution < 1.29 is 9.53 Å². The third-order valence-electron chi connectivity index (χ3n) is 2.99. The van der Waals surface area contributed by atoms with Crippen LogP contribution >= 0.6 is 0 Å². The maximum atomic E-state index is 11.7. The normalized spacial score (nSPS) is 10.0. The molecule has 0 aromatic carbocycles. The van der Waals surface area contributed by atoms with Crippen LogP contribution in [0.2, 0.25) is 0 Å². The van der Waals surface area contributed by atoms with E-state index in [1.165, 1.54) is 31.9 Å². The molecule has 0 aliphatic rings. The number of allylic oxidation sites excluding steroid dienone is 1. The van der Waals surface area contributed by atoms with E-state index in [2.05, 4.69) is 20.8 Å². The summed E-state index contributed by atoms with van der Waals surface area (Å²) in [6, 6.07) is 0. The molecule has 2 nitrogen and oxygen atoms in total. The minimum Gasteiger partial charge on any atom is -0.466 e. The van der Waals surface area contributed by atoms with Crippen molar-refractivity contribution >= 4 is 5.97 Å². The molecule has 0 amide bonds. The fourth-order valence-corrected chi connectivity index (χ4v) is 1.95. The molecule has 0 N–H and O–H groups in total. The summed E-state index contributed by atoms with van der Waals surface area (Å²) in [5.41, 5.74) is 2.17. The quantitative estimate of drug-likeness (QED) is 0.351. The van der Waals surface area contributed by atoms with Crippen LogP contribution in [0.4, 0.5) is 0 Å². The summed E-state index contributed by atoms with van der Waals surface area (Å²) in [6.45, 7) is 6.40. The number of hydrogen-bond acceptors (Lipinski definition) is 2. The van der Waals surface area contributed by atoms with Gasteiger partial charge in [-0.15, -0.1) is 0 Å². The first-order chi connectivity index (χ1) is 7.71. The Morgan fingerprint density at radius 1 is 1.00 bits per heavy atom. The predicted molar refractivity (Wildman–Crippen MR) is 68.4 cm³/mol. The average Bonchev–Trinajstić information content (AvgIpc) is 2.32. The van der Waals surface area contributed by atoms with E-state index in [1.807, 2.05) is 0 Å². The van der Waals surface area contributed by atoms with Crippen LogP contribution in [-0.4, -0.2) is 13.1 Å². The lowest BCUT2D eigenvalue weighted by atomic mass is 9.98. The number of unbranched alkanes of at least 4 members (excludes halogenated alkanes) is 3. The standard InChI is InChI=1S/C14H26O2/c1-5-8-9-10-11-13(14(15)16-4)12(6-2)7-3/h5-11H2,1-4H3. The van der Waals surface area contributed by atoms with Crippen LogP contribution in [0.5, 0.6) is 0 Å². The fourth-order valence-electron chi connectivity index (χ4n) is 1.95. The van der Waals surface area contributed by atoms with E-state index in [4.69, 9.17) is 4.74 Å². The summed E-state index contributed by atoms with van der Waals surface area (Å²) in [6.07, 6.45) is 7.57. The molecule has 0 heterocycles. The van der Waals surface area contributed by atoms with Gasteiger partial charge >= 0.3 is 5.97 Å². The van der Waals surface area contributed by atoms with Crippen LogP contribution in [0.1, 0.15) is 65.7 Å². The van der Waals surface area contributed by atoms with Crippen molar-refractivity contribution in [3.63, 3.8) is 0 Å². The summed E-state index contributed by atoms with van der Waals surface area (Å²) in [4.78, 5) is 11.7. The van der Waals surface area contributed by atoms with Crippen molar-refractivity contribution in [3.8, 4) is 0 Å². The highest BCUT2D eigenvalue weighted by atomic mass is 16.5. The van der Waals surface area contributed by atoms with Crippen molar-refractivity contribution in [2.45, 2.75) is 65.7 Å². The van der Waals surface area contributed by atoms with Crippen molar-refractivity contribution in [1.29, 1.82) is 0 Å². The number of ether oxygens (including phenoxy) is 1. The van der Waals surface area contributed by atoms with Gasteiger partial charge in [-0.25, -0.2) is 4.79 Å². The second-order valence-corrected chi connectivity index (χ2v) is 4.09. The summed E-state index contributed by atoms with van der Waals surface area (Å²) in [5, 5.41) is 0. The van der Waals surface area contributed by atoms with Gasteiger partial charge in [0.25, 0.3) is 0 Å². The molecular weight excluding hydrogens is 200 g/mol. The highest BCUT2D eigenvalue weighted by molar-refractivity contribution is 5.89. The molecule has 0 saturated carbocycles. The SMILES string of the molecule is CCCCCCC(C(=O)OC)=C(CC)CC. The van der Waals surface area contributed by atoms with Crippen LogP contribution in [0, 0.1) is 0 Å². The Morgan fingerprint density at radius 3 is 2.06 bits per heavy atom. The third-order valence-corrected chi connectivity index (χ3v) is 2.99. The van der Waals surface area contributed by atoms with Gasteiger partial charge in [-0.3, -0.25) is 0 Å². The van der Waals surface area contributed by atoms with E-state index < -0.39 is 0 Å². The van der Waals surface area contributed by atoms with Crippen molar-refractivity contribution in [1.82, 2.24) is 0 Å². The first-order valence-corrected chi connectivity index (χ1v) is 6.50. The first kappa shape index (κ1) is 15.2. The lowest BCUT2D eigenvalue weighted by Gasteiger charge is -2.11. The molecule has 0 rings (SSSR count). The predicted octanol–water partition coefficient (Wildman–Crippen LogP) is 4.25. The van der Waals surface area contributed by atoms with Gasteiger partial charge in [-0.1, -0.05) is 45.6 Å². The number of hydrogen-bond donors (Lipinski definition) is 0. The number of carbonyl (C=O) groups is 1.